The lowest BCUT2D eigenvalue weighted by molar-refractivity contribution is -0.114. The first kappa shape index (κ1) is 15.8. The topological polar surface area (TPSA) is 83.4 Å². The fourth-order valence-corrected chi connectivity index (χ4v) is 1.60. The molecule has 0 unspecified atom stereocenters. The third-order valence-electron chi connectivity index (χ3n) is 2.44. The minimum atomic E-state index is -0.124. The molecule has 0 fully saturated rings. The van der Waals surface area contributed by atoms with Crippen molar-refractivity contribution in [2.75, 3.05) is 37.5 Å². The summed E-state index contributed by atoms with van der Waals surface area (Å²) in [5, 5.41) is 14.3. The first-order valence-corrected chi connectivity index (χ1v) is 6.31. The summed E-state index contributed by atoms with van der Waals surface area (Å²) in [4.78, 5) is 11.0. The molecule has 0 atom stereocenters. The number of ether oxygens (including phenoxy) is 2. The summed E-state index contributed by atoms with van der Waals surface area (Å²) in [6, 6.07) is 7.37. The van der Waals surface area contributed by atoms with Crippen molar-refractivity contribution in [2.24, 2.45) is 0 Å². The number of benzene rings is 1. The average molecular weight is 277 g/mol. The number of carbonyl (C=O) groups is 1. The number of hydrogen-bond acceptors (Lipinski definition) is 5. The summed E-state index contributed by atoms with van der Waals surface area (Å²) in [6.07, 6.45) is 0.390. The molecule has 2 N–H and O–H groups in total. The molecule has 0 aromatic heterocycles. The summed E-state index contributed by atoms with van der Waals surface area (Å²) >= 11 is 0. The van der Waals surface area contributed by atoms with Crippen molar-refractivity contribution in [3.05, 3.63) is 18.2 Å². The van der Waals surface area contributed by atoms with Crippen molar-refractivity contribution < 1.29 is 14.3 Å². The van der Waals surface area contributed by atoms with Gasteiger partial charge in [-0.3, -0.25) is 4.79 Å². The summed E-state index contributed by atoms with van der Waals surface area (Å²) in [7, 11) is 1.59. The van der Waals surface area contributed by atoms with Crippen LogP contribution >= 0.6 is 0 Å². The van der Waals surface area contributed by atoms with Crippen LogP contribution in [0.3, 0.4) is 0 Å². The third kappa shape index (κ3) is 5.59. The zero-order chi connectivity index (χ0) is 14.8. The minimum Gasteiger partial charge on any atom is -0.495 e. The van der Waals surface area contributed by atoms with Gasteiger partial charge in [-0.25, -0.2) is 0 Å². The Kier molecular flexibility index (Phi) is 6.93. The fourth-order valence-electron chi connectivity index (χ4n) is 1.60. The molecule has 0 saturated heterocycles. The summed E-state index contributed by atoms with van der Waals surface area (Å²) in [6.45, 7) is 2.97. The number of nitrogens with one attached hydrogen (secondary N) is 2. The molecule has 0 heterocycles. The van der Waals surface area contributed by atoms with Crippen molar-refractivity contribution in [3.63, 3.8) is 0 Å². The van der Waals surface area contributed by atoms with E-state index in [4.69, 9.17) is 14.7 Å². The molecule has 1 aromatic carbocycles. The van der Waals surface area contributed by atoms with Crippen LogP contribution in [0.25, 0.3) is 0 Å². The van der Waals surface area contributed by atoms with Gasteiger partial charge in [0, 0.05) is 19.2 Å². The van der Waals surface area contributed by atoms with E-state index in [9.17, 15) is 4.79 Å². The van der Waals surface area contributed by atoms with Gasteiger partial charge in [-0.05, 0) is 18.2 Å². The molecule has 0 aliphatic heterocycles. The molecule has 20 heavy (non-hydrogen) atoms. The van der Waals surface area contributed by atoms with E-state index in [2.05, 4.69) is 10.6 Å². The Morgan fingerprint density at radius 3 is 2.85 bits per heavy atom. The highest BCUT2D eigenvalue weighted by molar-refractivity contribution is 5.89. The molecule has 1 amide bonds. The Morgan fingerprint density at radius 1 is 1.40 bits per heavy atom. The van der Waals surface area contributed by atoms with Gasteiger partial charge in [-0.15, -0.1) is 0 Å². The Bertz CT molecular complexity index is 483. The van der Waals surface area contributed by atoms with Crippen molar-refractivity contribution >= 4 is 17.3 Å². The van der Waals surface area contributed by atoms with Gasteiger partial charge in [-0.1, -0.05) is 0 Å². The van der Waals surface area contributed by atoms with Crippen molar-refractivity contribution in [1.29, 1.82) is 5.26 Å². The lowest BCUT2D eigenvalue weighted by atomic mass is 10.2. The number of methoxy groups -OCH3 is 1. The molecule has 0 aliphatic carbocycles. The number of carbonyl (C=O) groups excluding carboxylic acids is 1. The highest BCUT2D eigenvalue weighted by atomic mass is 16.5. The molecular weight excluding hydrogens is 258 g/mol. The van der Waals surface area contributed by atoms with E-state index in [0.717, 1.165) is 5.69 Å². The lowest BCUT2D eigenvalue weighted by Gasteiger charge is -2.13. The van der Waals surface area contributed by atoms with Gasteiger partial charge >= 0.3 is 0 Å². The van der Waals surface area contributed by atoms with Crippen LogP contribution in [-0.2, 0) is 9.53 Å². The molecule has 108 valence electrons. The Morgan fingerprint density at radius 2 is 2.20 bits per heavy atom. The fraction of sp³-hybridized carbons (Fsp3) is 0.429. The number of anilines is 2. The number of rotatable bonds is 8. The van der Waals surface area contributed by atoms with Gasteiger partial charge in [-0.2, -0.15) is 5.26 Å². The van der Waals surface area contributed by atoms with E-state index in [1.165, 1.54) is 6.92 Å². The monoisotopic (exact) mass is 277 g/mol. The Labute approximate surface area is 118 Å². The van der Waals surface area contributed by atoms with Gasteiger partial charge < -0.3 is 20.1 Å². The van der Waals surface area contributed by atoms with E-state index < -0.39 is 0 Å². The molecule has 6 nitrogen and oxygen atoms in total. The number of hydrogen-bond donors (Lipinski definition) is 2. The van der Waals surface area contributed by atoms with Gasteiger partial charge in [0.2, 0.25) is 5.91 Å². The standard InChI is InChI=1S/C14H19N3O3/c1-11(18)17-12-4-5-14(19-2)13(10-12)16-7-9-20-8-3-6-15/h4-5,10,16H,3,7-9H2,1-2H3,(H,17,18). The predicted octanol–water partition coefficient (Wildman–Crippen LogP) is 2.00. The molecule has 0 saturated carbocycles. The van der Waals surface area contributed by atoms with Crippen LogP contribution < -0.4 is 15.4 Å². The Balaban J connectivity index is 2.53. The van der Waals surface area contributed by atoms with Crippen molar-refractivity contribution in [2.45, 2.75) is 13.3 Å². The first-order chi connectivity index (χ1) is 9.67. The SMILES string of the molecule is COc1ccc(NC(C)=O)cc1NCCOCCC#N. The van der Waals surface area contributed by atoms with Gasteiger partial charge in [0.25, 0.3) is 0 Å². The molecule has 0 bridgehead atoms. The van der Waals surface area contributed by atoms with Crippen LogP contribution in [0.2, 0.25) is 0 Å². The maximum Gasteiger partial charge on any atom is 0.221 e. The molecular formula is C14H19N3O3. The highest BCUT2D eigenvalue weighted by Crippen LogP contribution is 2.27. The van der Waals surface area contributed by atoms with Gasteiger partial charge in [0.1, 0.15) is 5.75 Å². The summed E-state index contributed by atoms with van der Waals surface area (Å²) in [5.74, 6) is 0.567. The summed E-state index contributed by atoms with van der Waals surface area (Å²) in [5.41, 5.74) is 1.48. The molecule has 1 aromatic rings. The maximum absolute atomic E-state index is 11.0. The molecule has 6 heteroatoms. The minimum absolute atomic E-state index is 0.124. The van der Waals surface area contributed by atoms with Crippen molar-refractivity contribution in [3.8, 4) is 11.8 Å². The quantitative estimate of drug-likeness (QED) is 0.710. The van der Waals surface area contributed by atoms with E-state index in [1.54, 1.807) is 25.3 Å². The van der Waals surface area contributed by atoms with Gasteiger partial charge in [0.05, 0.1) is 38.5 Å². The van der Waals surface area contributed by atoms with E-state index in [1.807, 2.05) is 6.07 Å². The second-order valence-corrected chi connectivity index (χ2v) is 4.04. The second kappa shape index (κ2) is 8.77. The highest BCUT2D eigenvalue weighted by Gasteiger charge is 2.05. The second-order valence-electron chi connectivity index (χ2n) is 4.04. The molecule has 0 radical (unpaired) electrons. The average Bonchev–Trinajstić information content (AvgIpc) is 2.42. The molecule has 0 spiro atoms. The Hall–Kier alpha value is -2.26. The van der Waals surface area contributed by atoms with E-state index >= 15 is 0 Å². The van der Waals surface area contributed by atoms with E-state index in [-0.39, 0.29) is 5.91 Å². The largest absolute Gasteiger partial charge is 0.495 e. The number of nitrogens with zero attached hydrogens (tertiary/aromatic N) is 1. The van der Waals surface area contributed by atoms with E-state index in [0.29, 0.717) is 37.6 Å². The van der Waals surface area contributed by atoms with Crippen molar-refractivity contribution in [1.82, 2.24) is 0 Å². The lowest BCUT2D eigenvalue weighted by Crippen LogP contribution is -2.11. The zero-order valence-electron chi connectivity index (χ0n) is 11.7. The van der Waals surface area contributed by atoms with Crippen LogP contribution in [0.15, 0.2) is 18.2 Å². The van der Waals surface area contributed by atoms with Crippen LogP contribution in [0.4, 0.5) is 11.4 Å². The molecule has 0 aliphatic rings. The van der Waals surface area contributed by atoms with Crippen LogP contribution in [0, 0.1) is 11.3 Å². The third-order valence-corrected chi connectivity index (χ3v) is 2.44. The number of amides is 1. The number of nitriles is 1. The normalized spacial score (nSPS) is 9.65. The maximum atomic E-state index is 11.0. The molecule has 1 rings (SSSR count). The zero-order valence-corrected chi connectivity index (χ0v) is 11.7. The van der Waals surface area contributed by atoms with Gasteiger partial charge in [0.15, 0.2) is 0 Å². The predicted molar refractivity (Wildman–Crippen MR) is 76.8 cm³/mol. The summed E-state index contributed by atoms with van der Waals surface area (Å²) < 4.78 is 10.5. The van der Waals surface area contributed by atoms with Crippen LogP contribution in [-0.4, -0.2) is 32.8 Å². The first-order valence-electron chi connectivity index (χ1n) is 6.31. The smallest absolute Gasteiger partial charge is 0.221 e. The van der Waals surface area contributed by atoms with Crippen LogP contribution in [0.5, 0.6) is 5.75 Å². The van der Waals surface area contributed by atoms with Crippen LogP contribution in [0.1, 0.15) is 13.3 Å².